The lowest BCUT2D eigenvalue weighted by Crippen LogP contribution is -2.41. The highest BCUT2D eigenvalue weighted by Gasteiger charge is 2.54. The van der Waals surface area contributed by atoms with E-state index in [2.05, 4.69) is 81.4 Å². The third-order valence-corrected chi connectivity index (χ3v) is 6.67. The molecule has 0 N–H and O–H groups in total. The fraction of sp³-hybridized carbons (Fsp3) is 0.700. The van der Waals surface area contributed by atoms with Crippen molar-refractivity contribution < 1.29 is 18.6 Å². The van der Waals surface area contributed by atoms with Crippen molar-refractivity contribution in [3.8, 4) is 0 Å². The molecule has 4 nitrogen and oxygen atoms in total. The van der Waals surface area contributed by atoms with E-state index in [1.165, 1.54) is 0 Å². The molecule has 142 valence electrons. The molecular weight excluding hydrogens is 326 g/mol. The Hall–Kier alpha value is -0.810. The lowest BCUT2D eigenvalue weighted by molar-refractivity contribution is 0.00578. The van der Waals surface area contributed by atoms with Gasteiger partial charge in [0, 0.05) is 0 Å². The van der Waals surface area contributed by atoms with Gasteiger partial charge in [0.15, 0.2) is 0 Å². The molecule has 3 rings (SSSR count). The molecule has 0 aromatic heterocycles. The quantitative estimate of drug-likeness (QED) is 0.762. The average Bonchev–Trinajstić information content (AvgIpc) is 2.80. The number of aryl methyl sites for hydroxylation is 2. The zero-order valence-electron chi connectivity index (χ0n) is 17.9. The van der Waals surface area contributed by atoms with Gasteiger partial charge in [0.25, 0.3) is 0 Å². The van der Waals surface area contributed by atoms with E-state index >= 15 is 0 Å². The van der Waals surface area contributed by atoms with E-state index in [1.807, 2.05) is 0 Å². The van der Waals surface area contributed by atoms with Gasteiger partial charge in [-0.3, -0.25) is 0 Å². The fourth-order valence-corrected chi connectivity index (χ4v) is 3.31. The molecule has 2 heterocycles. The zero-order valence-corrected chi connectivity index (χ0v) is 17.9. The van der Waals surface area contributed by atoms with Crippen molar-refractivity contribution in [2.45, 2.75) is 91.6 Å². The third-order valence-electron chi connectivity index (χ3n) is 6.67. The smallest absolute Gasteiger partial charge is 0.399 e. The molecule has 26 heavy (non-hydrogen) atoms. The molecule has 2 fully saturated rings. The van der Waals surface area contributed by atoms with Gasteiger partial charge in [0.05, 0.1) is 22.4 Å². The summed E-state index contributed by atoms with van der Waals surface area (Å²) >= 11 is 0. The molecule has 1 aromatic rings. The molecule has 0 saturated carbocycles. The molecule has 0 bridgehead atoms. The molecule has 0 atom stereocenters. The van der Waals surface area contributed by atoms with Crippen molar-refractivity contribution in [3.63, 3.8) is 0 Å². The summed E-state index contributed by atoms with van der Waals surface area (Å²) in [6.45, 7) is 20.8. The lowest BCUT2D eigenvalue weighted by Gasteiger charge is -2.32. The van der Waals surface area contributed by atoms with Crippen LogP contribution < -0.4 is 10.9 Å². The second kappa shape index (κ2) is 5.84. The van der Waals surface area contributed by atoms with Gasteiger partial charge in [-0.15, -0.1) is 0 Å². The van der Waals surface area contributed by atoms with Gasteiger partial charge in [-0.25, -0.2) is 0 Å². The topological polar surface area (TPSA) is 36.9 Å². The second-order valence-electron chi connectivity index (χ2n) is 9.74. The highest BCUT2D eigenvalue weighted by atomic mass is 16.7. The molecule has 0 amide bonds. The molecule has 0 radical (unpaired) electrons. The van der Waals surface area contributed by atoms with Crippen molar-refractivity contribution >= 4 is 25.2 Å². The summed E-state index contributed by atoms with van der Waals surface area (Å²) < 4.78 is 24.9. The summed E-state index contributed by atoms with van der Waals surface area (Å²) in [5.74, 6) is 0. The van der Waals surface area contributed by atoms with Crippen LogP contribution >= 0.6 is 0 Å². The maximum absolute atomic E-state index is 6.23. The molecule has 2 saturated heterocycles. The molecule has 0 unspecified atom stereocenters. The van der Waals surface area contributed by atoms with E-state index in [1.54, 1.807) is 0 Å². The molecular formula is C20H32B2O4. The van der Waals surface area contributed by atoms with Crippen LogP contribution in [0.15, 0.2) is 12.1 Å². The SMILES string of the molecule is Cc1cc(B2OC(C)(C)C(C)(C)O2)c(C)cc1B1OC(C)(C)C(C)(C)O1. The number of hydrogen-bond donors (Lipinski definition) is 0. The fourth-order valence-electron chi connectivity index (χ4n) is 3.31. The Morgan fingerprint density at radius 1 is 0.538 bits per heavy atom. The van der Waals surface area contributed by atoms with Crippen LogP contribution in [0.3, 0.4) is 0 Å². The predicted molar refractivity (Wildman–Crippen MR) is 107 cm³/mol. The van der Waals surface area contributed by atoms with Crippen LogP contribution in [0.25, 0.3) is 0 Å². The van der Waals surface area contributed by atoms with E-state index in [0.717, 1.165) is 22.1 Å². The van der Waals surface area contributed by atoms with Crippen LogP contribution in [0.4, 0.5) is 0 Å². The molecule has 0 spiro atoms. The predicted octanol–water partition coefficient (Wildman–Crippen LogP) is 2.90. The molecule has 0 aliphatic carbocycles. The summed E-state index contributed by atoms with van der Waals surface area (Å²) in [5, 5.41) is 0. The Bertz CT molecular complexity index is 631. The summed E-state index contributed by atoms with van der Waals surface area (Å²) in [6, 6.07) is 4.30. The molecule has 1 aromatic carbocycles. The summed E-state index contributed by atoms with van der Waals surface area (Å²) in [5.41, 5.74) is 3.01. The maximum Gasteiger partial charge on any atom is 0.495 e. The van der Waals surface area contributed by atoms with Gasteiger partial charge in [-0.2, -0.15) is 0 Å². The van der Waals surface area contributed by atoms with Crippen LogP contribution in [-0.4, -0.2) is 36.6 Å². The Balaban J connectivity index is 1.92. The van der Waals surface area contributed by atoms with Gasteiger partial charge in [0.1, 0.15) is 0 Å². The highest BCUT2D eigenvalue weighted by Crippen LogP contribution is 2.38. The highest BCUT2D eigenvalue weighted by molar-refractivity contribution is 6.65. The van der Waals surface area contributed by atoms with Crippen molar-refractivity contribution in [1.29, 1.82) is 0 Å². The van der Waals surface area contributed by atoms with Crippen molar-refractivity contribution in [2.75, 3.05) is 0 Å². The minimum Gasteiger partial charge on any atom is -0.399 e. The van der Waals surface area contributed by atoms with E-state index < -0.39 is 0 Å². The lowest BCUT2D eigenvalue weighted by atomic mass is 9.69. The molecule has 2 aliphatic heterocycles. The number of hydrogen-bond acceptors (Lipinski definition) is 4. The standard InChI is InChI=1S/C20H32B2O4/c1-13-11-16(22-25-19(7,8)20(9,10)26-22)14(2)12-15(13)21-23-17(3,4)18(5,6)24-21/h11-12H,1-10H3. The van der Waals surface area contributed by atoms with Gasteiger partial charge < -0.3 is 18.6 Å². The number of benzene rings is 1. The third kappa shape index (κ3) is 3.05. The van der Waals surface area contributed by atoms with E-state index in [0.29, 0.717) is 0 Å². The van der Waals surface area contributed by atoms with Crippen LogP contribution in [0.1, 0.15) is 66.5 Å². The average molecular weight is 358 g/mol. The van der Waals surface area contributed by atoms with Gasteiger partial charge in [0.2, 0.25) is 0 Å². The van der Waals surface area contributed by atoms with Crippen molar-refractivity contribution in [1.82, 2.24) is 0 Å². The first-order chi connectivity index (χ1) is 11.7. The van der Waals surface area contributed by atoms with Gasteiger partial charge >= 0.3 is 14.2 Å². The van der Waals surface area contributed by atoms with Crippen LogP contribution in [0.5, 0.6) is 0 Å². The van der Waals surface area contributed by atoms with Crippen molar-refractivity contribution in [3.05, 3.63) is 23.3 Å². The summed E-state index contributed by atoms with van der Waals surface area (Å²) in [7, 11) is -0.711. The first kappa shape index (κ1) is 19.9. The molecule has 2 aliphatic rings. The monoisotopic (exact) mass is 358 g/mol. The van der Waals surface area contributed by atoms with E-state index in [-0.39, 0.29) is 36.6 Å². The Kier molecular flexibility index (Phi) is 4.48. The van der Waals surface area contributed by atoms with Crippen molar-refractivity contribution in [2.24, 2.45) is 0 Å². The minimum absolute atomic E-state index is 0.345. The largest absolute Gasteiger partial charge is 0.495 e. The summed E-state index contributed by atoms with van der Waals surface area (Å²) in [6.07, 6.45) is 0. The molecule has 6 heteroatoms. The first-order valence-electron chi connectivity index (χ1n) is 9.49. The second-order valence-corrected chi connectivity index (χ2v) is 9.74. The Labute approximate surface area is 159 Å². The Morgan fingerprint density at radius 3 is 1.00 bits per heavy atom. The van der Waals surface area contributed by atoms with Crippen LogP contribution in [-0.2, 0) is 18.6 Å². The van der Waals surface area contributed by atoms with Gasteiger partial charge in [-0.1, -0.05) is 23.3 Å². The first-order valence-corrected chi connectivity index (χ1v) is 9.49. The minimum atomic E-state index is -0.356. The Morgan fingerprint density at radius 2 is 0.769 bits per heavy atom. The number of rotatable bonds is 2. The van der Waals surface area contributed by atoms with Crippen LogP contribution in [0.2, 0.25) is 0 Å². The van der Waals surface area contributed by atoms with Gasteiger partial charge in [-0.05, 0) is 80.2 Å². The maximum atomic E-state index is 6.23. The van der Waals surface area contributed by atoms with Crippen LogP contribution in [0, 0.1) is 13.8 Å². The van der Waals surface area contributed by atoms with E-state index in [9.17, 15) is 0 Å². The summed E-state index contributed by atoms with van der Waals surface area (Å²) in [4.78, 5) is 0. The normalized spacial score (nSPS) is 25.8. The zero-order chi connectivity index (χ0) is 19.7. The van der Waals surface area contributed by atoms with E-state index in [4.69, 9.17) is 18.6 Å².